The average molecular weight is 172 g/mol. The average Bonchev–Trinajstić information content (AvgIpc) is 2.64. The van der Waals surface area contributed by atoms with E-state index in [2.05, 4.69) is 0 Å². The van der Waals surface area contributed by atoms with Crippen molar-refractivity contribution in [3.63, 3.8) is 0 Å². The second kappa shape index (κ2) is 2.21. The van der Waals surface area contributed by atoms with Crippen LogP contribution in [0.2, 0.25) is 0 Å². The van der Waals surface area contributed by atoms with E-state index in [4.69, 9.17) is 4.74 Å². The fourth-order valence-corrected chi connectivity index (χ4v) is 2.77. The number of ether oxygens (including phenoxy) is 1. The van der Waals surface area contributed by atoms with E-state index < -0.39 is 5.41 Å². The third kappa shape index (κ3) is 0.673. The maximum atomic E-state index is 12.7. The van der Waals surface area contributed by atoms with E-state index in [1.807, 2.05) is 0 Å². The zero-order valence-corrected chi connectivity index (χ0v) is 7.23. The van der Waals surface area contributed by atoms with Crippen molar-refractivity contribution in [2.24, 2.45) is 10.8 Å². The van der Waals surface area contributed by atoms with E-state index in [0.29, 0.717) is 6.42 Å². The number of alkyl halides is 1. The van der Waals surface area contributed by atoms with Gasteiger partial charge in [0.15, 0.2) is 0 Å². The fourth-order valence-electron chi connectivity index (χ4n) is 2.77. The second-order valence-corrected chi connectivity index (χ2v) is 4.02. The van der Waals surface area contributed by atoms with Crippen LogP contribution < -0.4 is 0 Å². The SMILES string of the molecule is COC(=O)C12CCCC1(CF)C2. The number of methoxy groups -OCH3 is 1. The Kier molecular flexibility index (Phi) is 1.48. The molecule has 2 aliphatic rings. The largest absolute Gasteiger partial charge is 0.469 e. The van der Waals surface area contributed by atoms with Crippen molar-refractivity contribution in [1.82, 2.24) is 0 Å². The third-order valence-electron chi connectivity index (χ3n) is 3.62. The normalized spacial score (nSPS) is 43.8. The van der Waals surface area contributed by atoms with E-state index in [1.54, 1.807) is 0 Å². The lowest BCUT2D eigenvalue weighted by atomic mass is 9.98. The van der Waals surface area contributed by atoms with Crippen LogP contribution in [-0.2, 0) is 9.53 Å². The summed E-state index contributed by atoms with van der Waals surface area (Å²) in [7, 11) is 1.39. The predicted octanol–water partition coefficient (Wildman–Crippen LogP) is 1.69. The summed E-state index contributed by atoms with van der Waals surface area (Å²) in [6, 6.07) is 0. The number of fused-ring (bicyclic) bond motifs is 1. The Morgan fingerprint density at radius 3 is 2.83 bits per heavy atom. The van der Waals surface area contributed by atoms with Gasteiger partial charge in [-0.05, 0) is 19.3 Å². The summed E-state index contributed by atoms with van der Waals surface area (Å²) in [5.74, 6) is -0.197. The number of rotatable bonds is 2. The Hall–Kier alpha value is -0.600. The minimum Gasteiger partial charge on any atom is -0.469 e. The smallest absolute Gasteiger partial charge is 0.312 e. The van der Waals surface area contributed by atoms with Crippen molar-refractivity contribution in [3.05, 3.63) is 0 Å². The predicted molar refractivity (Wildman–Crippen MR) is 41.3 cm³/mol. The molecule has 2 unspecified atom stereocenters. The van der Waals surface area contributed by atoms with Gasteiger partial charge in [0.1, 0.15) is 0 Å². The first-order valence-electron chi connectivity index (χ1n) is 4.35. The lowest BCUT2D eigenvalue weighted by Gasteiger charge is -2.11. The summed E-state index contributed by atoms with van der Waals surface area (Å²) in [5.41, 5.74) is -0.739. The molecule has 0 aromatic rings. The Balaban J connectivity index is 2.20. The molecule has 2 atom stereocenters. The molecule has 0 saturated heterocycles. The fraction of sp³-hybridized carbons (Fsp3) is 0.889. The van der Waals surface area contributed by atoms with Crippen LogP contribution in [0.15, 0.2) is 0 Å². The van der Waals surface area contributed by atoms with Crippen LogP contribution in [0.4, 0.5) is 4.39 Å². The highest BCUT2D eigenvalue weighted by molar-refractivity contribution is 5.82. The maximum Gasteiger partial charge on any atom is 0.312 e. The zero-order chi connectivity index (χ0) is 8.82. The van der Waals surface area contributed by atoms with E-state index >= 15 is 0 Å². The van der Waals surface area contributed by atoms with Gasteiger partial charge in [-0.3, -0.25) is 9.18 Å². The van der Waals surface area contributed by atoms with Crippen molar-refractivity contribution >= 4 is 5.97 Å². The monoisotopic (exact) mass is 172 g/mol. The molecule has 0 bridgehead atoms. The Morgan fingerprint density at radius 1 is 1.58 bits per heavy atom. The first-order valence-corrected chi connectivity index (χ1v) is 4.35. The number of esters is 1. The number of hydrogen-bond acceptors (Lipinski definition) is 2. The van der Waals surface area contributed by atoms with Crippen molar-refractivity contribution < 1.29 is 13.9 Å². The van der Waals surface area contributed by atoms with E-state index in [0.717, 1.165) is 19.3 Å². The van der Waals surface area contributed by atoms with Crippen LogP contribution in [0.25, 0.3) is 0 Å². The van der Waals surface area contributed by atoms with Gasteiger partial charge in [0.25, 0.3) is 0 Å². The van der Waals surface area contributed by atoms with Crippen molar-refractivity contribution in [1.29, 1.82) is 0 Å². The molecular formula is C9H13FO2. The van der Waals surface area contributed by atoms with Gasteiger partial charge in [0, 0.05) is 5.41 Å². The van der Waals surface area contributed by atoms with Gasteiger partial charge in [-0.25, -0.2) is 0 Å². The summed E-state index contributed by atoms with van der Waals surface area (Å²) in [5, 5.41) is 0. The van der Waals surface area contributed by atoms with Gasteiger partial charge in [0.05, 0.1) is 19.2 Å². The maximum absolute atomic E-state index is 12.7. The molecule has 3 heteroatoms. The first kappa shape index (κ1) is 8.02. The quantitative estimate of drug-likeness (QED) is 0.592. The highest BCUT2D eigenvalue weighted by Gasteiger charge is 2.74. The number of hydrogen-bond donors (Lipinski definition) is 0. The molecule has 12 heavy (non-hydrogen) atoms. The van der Waals surface area contributed by atoms with Crippen molar-refractivity contribution in [2.75, 3.05) is 13.8 Å². The molecular weight excluding hydrogens is 159 g/mol. The Morgan fingerprint density at radius 2 is 2.33 bits per heavy atom. The molecule has 0 aromatic carbocycles. The van der Waals surface area contributed by atoms with Gasteiger partial charge in [0.2, 0.25) is 0 Å². The summed E-state index contributed by atoms with van der Waals surface area (Å²) in [4.78, 5) is 11.4. The minimum atomic E-state index is -0.420. The first-order chi connectivity index (χ1) is 5.71. The molecule has 0 N–H and O–H groups in total. The summed E-state index contributed by atoms with van der Waals surface area (Å²) in [6.45, 7) is -0.359. The van der Waals surface area contributed by atoms with Crippen molar-refractivity contribution in [2.45, 2.75) is 25.7 Å². The van der Waals surface area contributed by atoms with Crippen LogP contribution in [-0.4, -0.2) is 19.8 Å². The lowest BCUT2D eigenvalue weighted by molar-refractivity contribution is -0.148. The Bertz CT molecular complexity index is 229. The summed E-state index contributed by atoms with van der Waals surface area (Å²) in [6.07, 6.45) is 3.37. The van der Waals surface area contributed by atoms with Gasteiger partial charge in [-0.1, -0.05) is 6.42 Å². The Labute approximate surface area is 71.1 Å². The molecule has 0 amide bonds. The molecule has 0 aromatic heterocycles. The molecule has 0 spiro atoms. The highest BCUT2D eigenvalue weighted by atomic mass is 19.1. The lowest BCUT2D eigenvalue weighted by Crippen LogP contribution is -2.21. The third-order valence-corrected chi connectivity index (χ3v) is 3.62. The number of carbonyl (C=O) groups is 1. The van der Waals surface area contributed by atoms with Crippen LogP contribution in [0.5, 0.6) is 0 Å². The molecule has 2 rings (SSSR count). The number of carbonyl (C=O) groups excluding carboxylic acids is 1. The molecule has 2 saturated carbocycles. The van der Waals surface area contributed by atoms with E-state index in [-0.39, 0.29) is 18.1 Å². The summed E-state index contributed by atoms with van der Waals surface area (Å²) >= 11 is 0. The van der Waals surface area contributed by atoms with E-state index in [1.165, 1.54) is 7.11 Å². The highest BCUT2D eigenvalue weighted by Crippen LogP contribution is 2.74. The van der Waals surface area contributed by atoms with Crippen molar-refractivity contribution in [3.8, 4) is 0 Å². The molecule has 68 valence electrons. The van der Waals surface area contributed by atoms with E-state index in [9.17, 15) is 9.18 Å². The standard InChI is InChI=1S/C9H13FO2/c1-12-7(11)9-4-2-3-8(9,5-9)6-10/h2-6H2,1H3. The second-order valence-electron chi connectivity index (χ2n) is 4.02. The van der Waals surface area contributed by atoms with Gasteiger partial charge in [-0.15, -0.1) is 0 Å². The van der Waals surface area contributed by atoms with Crippen LogP contribution >= 0.6 is 0 Å². The van der Waals surface area contributed by atoms with Crippen LogP contribution in [0.3, 0.4) is 0 Å². The molecule has 2 nitrogen and oxygen atoms in total. The molecule has 2 fully saturated rings. The minimum absolute atomic E-state index is 0.197. The molecule has 0 aliphatic heterocycles. The number of halogens is 1. The molecule has 0 heterocycles. The van der Waals surface area contributed by atoms with Gasteiger partial charge < -0.3 is 4.74 Å². The molecule has 2 aliphatic carbocycles. The van der Waals surface area contributed by atoms with Gasteiger partial charge >= 0.3 is 5.97 Å². The van der Waals surface area contributed by atoms with Crippen LogP contribution in [0, 0.1) is 10.8 Å². The van der Waals surface area contributed by atoms with Gasteiger partial charge in [-0.2, -0.15) is 0 Å². The zero-order valence-electron chi connectivity index (χ0n) is 7.23. The topological polar surface area (TPSA) is 26.3 Å². The van der Waals surface area contributed by atoms with Crippen LogP contribution in [0.1, 0.15) is 25.7 Å². The molecule has 0 radical (unpaired) electrons. The summed E-state index contributed by atoms with van der Waals surface area (Å²) < 4.78 is 17.4.